The van der Waals surface area contributed by atoms with Crippen molar-refractivity contribution in [2.24, 2.45) is 7.05 Å². The largest absolute Gasteiger partial charge is 0.313 e. The van der Waals surface area contributed by atoms with Gasteiger partial charge in [0.15, 0.2) is 9.84 Å². The Kier molecular flexibility index (Phi) is 5.33. The highest BCUT2D eigenvalue weighted by Gasteiger charge is 2.20. The highest BCUT2D eigenvalue weighted by molar-refractivity contribution is 7.90. The Balaban J connectivity index is 2.46. The van der Waals surface area contributed by atoms with Crippen molar-refractivity contribution in [2.75, 3.05) is 11.6 Å². The van der Waals surface area contributed by atoms with E-state index in [1.54, 1.807) is 13.1 Å². The molecule has 0 amide bonds. The summed E-state index contributed by atoms with van der Waals surface area (Å²) in [7, 11) is -1.69. The van der Waals surface area contributed by atoms with Crippen LogP contribution in [0.2, 0.25) is 5.02 Å². The third kappa shape index (κ3) is 3.85. The first-order chi connectivity index (χ1) is 10.8. The van der Waals surface area contributed by atoms with Gasteiger partial charge in [0.2, 0.25) is 5.95 Å². The summed E-state index contributed by atoms with van der Waals surface area (Å²) in [5.74, 6) is 0.371. The molecule has 1 heterocycles. The topological polar surface area (TPSA) is 89.8 Å². The van der Waals surface area contributed by atoms with Crippen LogP contribution < -0.4 is 5.32 Å². The summed E-state index contributed by atoms with van der Waals surface area (Å²) in [4.78, 5) is 0.557. The molecule has 23 heavy (non-hydrogen) atoms. The van der Waals surface area contributed by atoms with Crippen molar-refractivity contribution in [3.8, 4) is 0 Å². The van der Waals surface area contributed by atoms with Crippen LogP contribution in [0.5, 0.6) is 0 Å². The molecule has 0 radical (unpaired) electrons. The van der Waals surface area contributed by atoms with Crippen molar-refractivity contribution >= 4 is 44.6 Å². The second kappa shape index (κ2) is 6.90. The third-order valence-corrected chi connectivity index (χ3v) is 5.12. The molecule has 1 aromatic heterocycles. The van der Waals surface area contributed by atoms with Gasteiger partial charge in [0.25, 0.3) is 0 Å². The van der Waals surface area contributed by atoms with Gasteiger partial charge in [-0.05, 0) is 34.5 Å². The fourth-order valence-electron chi connectivity index (χ4n) is 2.11. The molecule has 0 spiro atoms. The van der Waals surface area contributed by atoms with Gasteiger partial charge >= 0.3 is 0 Å². The molecule has 0 fully saturated rings. The number of rotatable bonds is 5. The number of halogens is 1. The Morgan fingerprint density at radius 3 is 2.65 bits per heavy atom. The maximum Gasteiger partial charge on any atom is 0.247 e. The SMILES string of the molecule is CCCc1c(S(C)(=O)=O)ccc(C(=S)Nc2nnnn2C)c1Cl. The van der Waals surface area contributed by atoms with Gasteiger partial charge in [-0.2, -0.15) is 0 Å². The van der Waals surface area contributed by atoms with Crippen molar-refractivity contribution in [3.63, 3.8) is 0 Å². The number of sulfone groups is 1. The Morgan fingerprint density at radius 1 is 1.43 bits per heavy atom. The molecule has 1 N–H and O–H groups in total. The van der Waals surface area contributed by atoms with Crippen LogP contribution in [0.4, 0.5) is 5.95 Å². The predicted octanol–water partition coefficient (Wildman–Crippen LogP) is 2.01. The van der Waals surface area contributed by atoms with E-state index in [0.717, 1.165) is 6.42 Å². The third-order valence-electron chi connectivity index (χ3n) is 3.19. The lowest BCUT2D eigenvalue weighted by Crippen LogP contribution is -2.16. The average molecular weight is 374 g/mol. The average Bonchev–Trinajstić information content (AvgIpc) is 2.85. The number of aryl methyl sites for hydroxylation is 1. The van der Waals surface area contributed by atoms with E-state index in [4.69, 9.17) is 23.8 Å². The molecule has 0 unspecified atom stereocenters. The Bertz CT molecular complexity index is 848. The van der Waals surface area contributed by atoms with Crippen LogP contribution in [-0.4, -0.2) is 39.9 Å². The minimum atomic E-state index is -3.36. The number of hydrogen-bond donors (Lipinski definition) is 1. The van der Waals surface area contributed by atoms with E-state index in [0.29, 0.717) is 33.5 Å². The highest BCUT2D eigenvalue weighted by atomic mass is 35.5. The standard InChI is InChI=1S/C13H16ClN5O2S2/c1-4-5-8-10(23(3,20)21)7-6-9(11(8)14)12(22)15-13-16-17-18-19(13)2/h6-7H,4-5H2,1-3H3,(H,15,16,18,22). The van der Waals surface area contributed by atoms with E-state index in [9.17, 15) is 8.42 Å². The van der Waals surface area contributed by atoms with Gasteiger partial charge in [0.1, 0.15) is 4.99 Å². The van der Waals surface area contributed by atoms with Gasteiger partial charge in [-0.1, -0.05) is 42.3 Å². The monoisotopic (exact) mass is 373 g/mol. The lowest BCUT2D eigenvalue weighted by Gasteiger charge is -2.14. The van der Waals surface area contributed by atoms with Crippen LogP contribution in [0.15, 0.2) is 17.0 Å². The number of tetrazole rings is 1. The molecule has 0 saturated carbocycles. The van der Waals surface area contributed by atoms with Gasteiger partial charge in [-0.25, -0.2) is 13.1 Å². The van der Waals surface area contributed by atoms with Gasteiger partial charge < -0.3 is 5.32 Å². The summed E-state index contributed by atoms with van der Waals surface area (Å²) in [5.41, 5.74) is 1.12. The molecule has 124 valence electrons. The summed E-state index contributed by atoms with van der Waals surface area (Å²) < 4.78 is 25.3. The van der Waals surface area contributed by atoms with Crippen molar-refractivity contribution in [3.05, 3.63) is 28.3 Å². The molecular weight excluding hydrogens is 358 g/mol. The second-order valence-corrected chi connectivity index (χ2v) is 7.78. The van der Waals surface area contributed by atoms with E-state index >= 15 is 0 Å². The zero-order valence-corrected chi connectivity index (χ0v) is 15.3. The fourth-order valence-corrected chi connectivity index (χ4v) is 3.81. The molecule has 0 aliphatic heterocycles. The molecular formula is C13H16ClN5O2S2. The van der Waals surface area contributed by atoms with Crippen LogP contribution in [0.3, 0.4) is 0 Å². The molecule has 2 aromatic rings. The summed E-state index contributed by atoms with van der Waals surface area (Å²) in [6.07, 6.45) is 2.47. The van der Waals surface area contributed by atoms with E-state index < -0.39 is 9.84 Å². The highest BCUT2D eigenvalue weighted by Crippen LogP contribution is 2.29. The lowest BCUT2D eigenvalue weighted by atomic mass is 10.1. The summed E-state index contributed by atoms with van der Waals surface area (Å²) >= 11 is 11.8. The van der Waals surface area contributed by atoms with Crippen LogP contribution in [0, 0.1) is 0 Å². The van der Waals surface area contributed by atoms with E-state index in [-0.39, 0.29) is 4.90 Å². The van der Waals surface area contributed by atoms with Crippen molar-refractivity contribution in [2.45, 2.75) is 24.7 Å². The van der Waals surface area contributed by atoms with E-state index in [1.807, 2.05) is 6.92 Å². The maximum atomic E-state index is 11.9. The number of hydrogen-bond acceptors (Lipinski definition) is 6. The first-order valence-electron chi connectivity index (χ1n) is 6.80. The minimum absolute atomic E-state index is 0.233. The number of benzene rings is 1. The molecule has 1 aromatic carbocycles. The Hall–Kier alpha value is -1.58. The second-order valence-electron chi connectivity index (χ2n) is 5.01. The predicted molar refractivity (Wildman–Crippen MR) is 92.7 cm³/mol. The molecule has 10 heteroatoms. The number of nitrogens with zero attached hydrogens (tertiary/aromatic N) is 4. The molecule has 0 aliphatic carbocycles. The zero-order chi connectivity index (χ0) is 17.2. The number of aromatic nitrogens is 4. The maximum absolute atomic E-state index is 11.9. The van der Waals surface area contributed by atoms with E-state index in [2.05, 4.69) is 20.8 Å². The normalized spacial score (nSPS) is 11.5. The Labute approximate surface area is 144 Å². The van der Waals surface area contributed by atoms with Gasteiger partial charge in [0.05, 0.1) is 9.92 Å². The Morgan fingerprint density at radius 2 is 2.13 bits per heavy atom. The smallest absolute Gasteiger partial charge is 0.247 e. The van der Waals surface area contributed by atoms with E-state index in [1.165, 1.54) is 17.0 Å². The zero-order valence-electron chi connectivity index (χ0n) is 12.9. The van der Waals surface area contributed by atoms with Crippen molar-refractivity contribution in [1.29, 1.82) is 0 Å². The molecule has 7 nitrogen and oxygen atoms in total. The lowest BCUT2D eigenvalue weighted by molar-refractivity contribution is 0.600. The number of thiocarbonyl (C=S) groups is 1. The summed E-state index contributed by atoms with van der Waals surface area (Å²) in [5, 5.41) is 14.2. The molecule has 0 saturated heterocycles. The first kappa shape index (κ1) is 17.8. The van der Waals surface area contributed by atoms with Crippen molar-refractivity contribution < 1.29 is 8.42 Å². The molecule has 0 bridgehead atoms. The van der Waals surface area contributed by atoms with Crippen LogP contribution >= 0.6 is 23.8 Å². The quantitative estimate of drug-likeness (QED) is 0.801. The number of nitrogens with one attached hydrogen (secondary N) is 1. The number of anilines is 1. The summed E-state index contributed by atoms with van der Waals surface area (Å²) in [6, 6.07) is 3.13. The van der Waals surface area contributed by atoms with Gasteiger partial charge in [0, 0.05) is 18.9 Å². The summed E-state index contributed by atoms with van der Waals surface area (Å²) in [6.45, 7) is 1.96. The first-order valence-corrected chi connectivity index (χ1v) is 9.48. The molecule has 0 aliphatic rings. The molecule has 2 rings (SSSR count). The van der Waals surface area contributed by atoms with Gasteiger partial charge in [-0.3, -0.25) is 0 Å². The minimum Gasteiger partial charge on any atom is -0.313 e. The van der Waals surface area contributed by atoms with Crippen molar-refractivity contribution in [1.82, 2.24) is 20.2 Å². The van der Waals surface area contributed by atoms with Crippen LogP contribution in [0.1, 0.15) is 24.5 Å². The van der Waals surface area contributed by atoms with Crippen LogP contribution in [0.25, 0.3) is 0 Å². The van der Waals surface area contributed by atoms with Crippen LogP contribution in [-0.2, 0) is 23.3 Å². The van der Waals surface area contributed by atoms with Gasteiger partial charge in [-0.15, -0.1) is 0 Å². The molecule has 0 atom stereocenters. The fraction of sp³-hybridized carbons (Fsp3) is 0.385.